The molecule has 0 saturated carbocycles. The Balaban J connectivity index is 2.43. The molecule has 0 aliphatic heterocycles. The monoisotopic (exact) mass is 380 g/mol. The Hall–Kier alpha value is -2.16. The van der Waals surface area contributed by atoms with Crippen molar-refractivity contribution in [3.05, 3.63) is 58.9 Å². The van der Waals surface area contributed by atoms with Crippen LogP contribution in [-0.4, -0.2) is 8.42 Å². The standard InChI is InChI=1S/C16H13F5O3S/c1-3-8(2)9-4-6-10(7-5-9)25(22,23)24-16-14(20)12(18)11(17)13(19)15(16)21/h4-8H,3H2,1-2H3. The lowest BCUT2D eigenvalue weighted by molar-refractivity contribution is 0.346. The minimum atomic E-state index is -4.79. The van der Waals surface area contributed by atoms with Crippen LogP contribution in [0, 0.1) is 29.1 Å². The lowest BCUT2D eigenvalue weighted by Gasteiger charge is -2.12. The number of rotatable bonds is 5. The molecule has 2 aromatic carbocycles. The predicted octanol–water partition coefficient (Wildman–Crippen LogP) is 4.66. The molecule has 0 aliphatic carbocycles. The van der Waals surface area contributed by atoms with Crippen molar-refractivity contribution in [2.75, 3.05) is 0 Å². The van der Waals surface area contributed by atoms with Gasteiger partial charge in [-0.2, -0.15) is 17.2 Å². The Morgan fingerprint density at radius 2 is 1.32 bits per heavy atom. The Kier molecular flexibility index (Phi) is 5.36. The quantitative estimate of drug-likeness (QED) is 0.328. The molecule has 3 nitrogen and oxygen atoms in total. The Morgan fingerprint density at radius 1 is 0.880 bits per heavy atom. The summed E-state index contributed by atoms with van der Waals surface area (Å²) in [7, 11) is -4.79. The lowest BCUT2D eigenvalue weighted by Crippen LogP contribution is -2.14. The van der Waals surface area contributed by atoms with Gasteiger partial charge in [-0.15, -0.1) is 0 Å². The highest BCUT2D eigenvalue weighted by molar-refractivity contribution is 7.87. The van der Waals surface area contributed by atoms with Crippen LogP contribution >= 0.6 is 0 Å². The minimum Gasteiger partial charge on any atom is -0.372 e. The first-order valence-corrected chi connectivity index (χ1v) is 8.56. The molecule has 0 N–H and O–H groups in total. The Bertz CT molecular complexity index is 866. The van der Waals surface area contributed by atoms with Crippen LogP contribution in [0.15, 0.2) is 29.2 Å². The second kappa shape index (κ2) is 6.99. The topological polar surface area (TPSA) is 43.4 Å². The van der Waals surface area contributed by atoms with E-state index in [2.05, 4.69) is 4.18 Å². The summed E-state index contributed by atoms with van der Waals surface area (Å²) in [5.74, 6) is -13.5. The molecule has 0 bridgehead atoms. The molecule has 0 spiro atoms. The third kappa shape index (κ3) is 3.60. The second-order valence-electron chi connectivity index (χ2n) is 5.31. The summed E-state index contributed by atoms with van der Waals surface area (Å²) in [6, 6.07) is 5.21. The van der Waals surface area contributed by atoms with E-state index in [1.807, 2.05) is 13.8 Å². The van der Waals surface area contributed by atoms with Gasteiger partial charge in [-0.1, -0.05) is 26.0 Å². The summed E-state index contributed by atoms with van der Waals surface area (Å²) < 4.78 is 94.6. The second-order valence-corrected chi connectivity index (χ2v) is 6.86. The fourth-order valence-electron chi connectivity index (χ4n) is 2.01. The number of hydrogen-bond acceptors (Lipinski definition) is 3. The summed E-state index contributed by atoms with van der Waals surface area (Å²) in [6.07, 6.45) is 0.799. The predicted molar refractivity (Wildman–Crippen MR) is 79.2 cm³/mol. The molecule has 136 valence electrons. The molecule has 0 amide bonds. The van der Waals surface area contributed by atoms with Crippen LogP contribution in [0.25, 0.3) is 0 Å². The highest BCUT2D eigenvalue weighted by Gasteiger charge is 2.30. The van der Waals surface area contributed by atoms with E-state index in [-0.39, 0.29) is 5.92 Å². The summed E-state index contributed by atoms with van der Waals surface area (Å²) in [5, 5.41) is 0. The fourth-order valence-corrected chi connectivity index (χ4v) is 2.95. The van der Waals surface area contributed by atoms with Gasteiger partial charge in [0, 0.05) is 0 Å². The third-order valence-corrected chi connectivity index (χ3v) is 4.95. The van der Waals surface area contributed by atoms with E-state index in [1.165, 1.54) is 12.1 Å². The molecule has 2 aromatic rings. The van der Waals surface area contributed by atoms with Crippen molar-refractivity contribution in [1.82, 2.24) is 0 Å². The first kappa shape index (κ1) is 19.2. The van der Waals surface area contributed by atoms with Crippen LogP contribution in [0.2, 0.25) is 0 Å². The van der Waals surface area contributed by atoms with Gasteiger partial charge < -0.3 is 4.18 Å². The molecule has 25 heavy (non-hydrogen) atoms. The van der Waals surface area contributed by atoms with E-state index in [0.717, 1.165) is 24.1 Å². The number of hydrogen-bond donors (Lipinski definition) is 0. The van der Waals surface area contributed by atoms with E-state index < -0.39 is 49.8 Å². The smallest absolute Gasteiger partial charge is 0.339 e. The van der Waals surface area contributed by atoms with Gasteiger partial charge in [0.05, 0.1) is 0 Å². The van der Waals surface area contributed by atoms with E-state index in [4.69, 9.17) is 0 Å². The zero-order valence-electron chi connectivity index (χ0n) is 13.1. The van der Waals surface area contributed by atoms with Crippen molar-refractivity contribution in [2.45, 2.75) is 31.1 Å². The van der Waals surface area contributed by atoms with Crippen molar-refractivity contribution in [2.24, 2.45) is 0 Å². The molecular formula is C16H13F5O3S. The van der Waals surface area contributed by atoms with Crippen molar-refractivity contribution >= 4 is 10.1 Å². The molecule has 0 saturated heterocycles. The lowest BCUT2D eigenvalue weighted by atomic mass is 9.99. The zero-order chi connectivity index (χ0) is 18.9. The maximum atomic E-state index is 13.6. The van der Waals surface area contributed by atoms with E-state index >= 15 is 0 Å². The molecule has 1 unspecified atom stereocenters. The molecule has 9 heteroatoms. The van der Waals surface area contributed by atoms with Crippen molar-refractivity contribution in [3.63, 3.8) is 0 Å². The summed E-state index contributed by atoms with van der Waals surface area (Å²) in [6.45, 7) is 3.84. The van der Waals surface area contributed by atoms with Crippen LogP contribution in [0.4, 0.5) is 22.0 Å². The molecule has 0 heterocycles. The van der Waals surface area contributed by atoms with E-state index in [0.29, 0.717) is 0 Å². The van der Waals surface area contributed by atoms with Gasteiger partial charge in [0.25, 0.3) is 0 Å². The third-order valence-electron chi connectivity index (χ3n) is 3.71. The van der Waals surface area contributed by atoms with Gasteiger partial charge in [0.2, 0.25) is 34.8 Å². The molecule has 2 rings (SSSR count). The molecular weight excluding hydrogens is 367 g/mol. The summed E-state index contributed by atoms with van der Waals surface area (Å²) in [5.41, 5.74) is 0.817. The fraction of sp³-hybridized carbons (Fsp3) is 0.250. The first-order chi connectivity index (χ1) is 11.6. The normalized spacial score (nSPS) is 12.9. The average Bonchev–Trinajstić information content (AvgIpc) is 2.61. The average molecular weight is 380 g/mol. The first-order valence-electron chi connectivity index (χ1n) is 7.16. The zero-order valence-corrected chi connectivity index (χ0v) is 13.9. The van der Waals surface area contributed by atoms with Crippen LogP contribution in [-0.2, 0) is 10.1 Å². The number of benzene rings is 2. The van der Waals surface area contributed by atoms with Gasteiger partial charge in [0.15, 0.2) is 0 Å². The molecule has 0 radical (unpaired) electrons. The van der Waals surface area contributed by atoms with Crippen LogP contribution in [0.1, 0.15) is 31.7 Å². The minimum absolute atomic E-state index is 0.146. The molecule has 0 aliphatic rings. The van der Waals surface area contributed by atoms with Crippen molar-refractivity contribution in [3.8, 4) is 5.75 Å². The highest BCUT2D eigenvalue weighted by Crippen LogP contribution is 2.31. The Labute approximate surface area is 141 Å². The van der Waals surface area contributed by atoms with Crippen LogP contribution in [0.5, 0.6) is 5.75 Å². The van der Waals surface area contributed by atoms with Gasteiger partial charge in [0.1, 0.15) is 4.90 Å². The van der Waals surface area contributed by atoms with Gasteiger partial charge in [-0.05, 0) is 30.0 Å². The van der Waals surface area contributed by atoms with Gasteiger partial charge >= 0.3 is 10.1 Å². The molecule has 0 fully saturated rings. The van der Waals surface area contributed by atoms with E-state index in [9.17, 15) is 30.4 Å². The van der Waals surface area contributed by atoms with Gasteiger partial charge in [-0.3, -0.25) is 0 Å². The Morgan fingerprint density at radius 3 is 1.76 bits per heavy atom. The van der Waals surface area contributed by atoms with Crippen LogP contribution < -0.4 is 4.18 Å². The van der Waals surface area contributed by atoms with Crippen LogP contribution in [0.3, 0.4) is 0 Å². The molecule has 0 aromatic heterocycles. The SMILES string of the molecule is CCC(C)c1ccc(S(=O)(=O)Oc2c(F)c(F)c(F)c(F)c2F)cc1. The molecule has 1 atom stereocenters. The van der Waals surface area contributed by atoms with Gasteiger partial charge in [-0.25, -0.2) is 13.2 Å². The summed E-state index contributed by atoms with van der Waals surface area (Å²) in [4.78, 5) is -0.483. The summed E-state index contributed by atoms with van der Waals surface area (Å²) >= 11 is 0. The maximum Gasteiger partial charge on any atom is 0.339 e. The van der Waals surface area contributed by atoms with E-state index in [1.54, 1.807) is 0 Å². The maximum absolute atomic E-state index is 13.6. The van der Waals surface area contributed by atoms with Crippen molar-refractivity contribution in [1.29, 1.82) is 0 Å². The van der Waals surface area contributed by atoms with Crippen molar-refractivity contribution < 1.29 is 34.6 Å². The number of halogens is 5. The largest absolute Gasteiger partial charge is 0.372 e. The highest BCUT2D eigenvalue weighted by atomic mass is 32.2.